The molecule has 0 radical (unpaired) electrons. The molecular formula is C23H35NO15. The van der Waals surface area contributed by atoms with Crippen molar-refractivity contribution in [2.45, 2.75) is 96.0 Å². The highest BCUT2D eigenvalue weighted by Gasteiger charge is 2.56. The van der Waals surface area contributed by atoms with Crippen LogP contribution in [0.3, 0.4) is 0 Å². The second kappa shape index (κ2) is 14.5. The third-order valence-electron chi connectivity index (χ3n) is 5.70. The summed E-state index contributed by atoms with van der Waals surface area (Å²) in [6, 6.07) is -1.17. The van der Waals surface area contributed by atoms with Crippen molar-refractivity contribution >= 4 is 29.8 Å². The number of carbonyl (C=O) groups is 5. The Hall–Kier alpha value is -2.89. The summed E-state index contributed by atoms with van der Waals surface area (Å²) < 4.78 is 43.8. The molecule has 222 valence electrons. The van der Waals surface area contributed by atoms with Crippen LogP contribution >= 0.6 is 0 Å². The van der Waals surface area contributed by atoms with Gasteiger partial charge in [-0.15, -0.1) is 0 Å². The monoisotopic (exact) mass is 565 g/mol. The lowest BCUT2D eigenvalue weighted by Crippen LogP contribution is -2.68. The van der Waals surface area contributed by atoms with Crippen LogP contribution in [0, 0.1) is 0 Å². The molecule has 0 aromatic rings. The normalized spacial score (nSPS) is 34.4. The van der Waals surface area contributed by atoms with Crippen molar-refractivity contribution in [1.29, 1.82) is 0 Å². The van der Waals surface area contributed by atoms with Gasteiger partial charge in [-0.25, -0.2) is 0 Å². The van der Waals surface area contributed by atoms with Gasteiger partial charge in [-0.3, -0.25) is 24.0 Å². The van der Waals surface area contributed by atoms with E-state index in [0.717, 1.165) is 27.7 Å². The summed E-state index contributed by atoms with van der Waals surface area (Å²) in [7, 11) is 1.26. The van der Waals surface area contributed by atoms with Crippen LogP contribution in [0.15, 0.2) is 0 Å². The largest absolute Gasteiger partial charge is 0.463 e. The number of rotatable bonds is 10. The zero-order valence-corrected chi connectivity index (χ0v) is 22.4. The van der Waals surface area contributed by atoms with Crippen LogP contribution in [0.2, 0.25) is 0 Å². The number of ether oxygens (including phenoxy) is 8. The first-order valence-electron chi connectivity index (χ1n) is 12.0. The summed E-state index contributed by atoms with van der Waals surface area (Å²) in [5.74, 6) is -3.76. The fourth-order valence-corrected chi connectivity index (χ4v) is 4.27. The van der Waals surface area contributed by atoms with Crippen molar-refractivity contribution in [3.05, 3.63) is 0 Å². The standard InChI is InChI=1S/C23H35NO15/c1-9(26)24-16-19(17(31)14(7-25)37-22(16)32-6)39-23-21(36-13(5)30)20(35-12(4)29)18(34-11(3)28)15(38-23)8-33-10(2)27/h14-23,25,31H,7-8H2,1-6H3,(H,24,26)/t14-,15-,16-,17+,18+,19-,20+,21-,22+,23-/m1/s1. The molecule has 2 heterocycles. The number of esters is 4. The van der Waals surface area contributed by atoms with E-state index in [9.17, 15) is 34.2 Å². The molecule has 0 unspecified atom stereocenters. The highest BCUT2D eigenvalue weighted by Crippen LogP contribution is 2.33. The molecule has 0 aromatic heterocycles. The van der Waals surface area contributed by atoms with Gasteiger partial charge in [0.05, 0.1) is 6.61 Å². The van der Waals surface area contributed by atoms with Crippen LogP contribution in [-0.2, 0) is 61.9 Å². The molecule has 1 amide bonds. The smallest absolute Gasteiger partial charge is 0.303 e. The first-order valence-corrected chi connectivity index (χ1v) is 12.0. The minimum atomic E-state index is -1.66. The highest BCUT2D eigenvalue weighted by atomic mass is 16.7. The van der Waals surface area contributed by atoms with Crippen LogP contribution in [0.25, 0.3) is 0 Å². The van der Waals surface area contributed by atoms with Gasteiger partial charge in [-0.05, 0) is 0 Å². The van der Waals surface area contributed by atoms with Gasteiger partial charge in [-0.2, -0.15) is 0 Å². The molecular weight excluding hydrogens is 530 g/mol. The summed E-state index contributed by atoms with van der Waals surface area (Å²) in [4.78, 5) is 59.4. The number of carbonyl (C=O) groups excluding carboxylic acids is 5. The predicted molar refractivity (Wildman–Crippen MR) is 123 cm³/mol. The van der Waals surface area contributed by atoms with E-state index < -0.39 is 104 Å². The van der Waals surface area contributed by atoms with E-state index in [1.807, 2.05) is 0 Å². The maximum atomic E-state index is 12.0. The molecule has 0 bridgehead atoms. The number of hydrogen-bond donors (Lipinski definition) is 3. The lowest BCUT2D eigenvalue weighted by Gasteiger charge is -2.48. The van der Waals surface area contributed by atoms with Crippen LogP contribution in [0.4, 0.5) is 0 Å². The first-order chi connectivity index (χ1) is 18.3. The number of methoxy groups -OCH3 is 1. The van der Waals surface area contributed by atoms with Gasteiger partial charge >= 0.3 is 23.9 Å². The Kier molecular flexibility index (Phi) is 12.0. The maximum absolute atomic E-state index is 12.0. The molecule has 0 aliphatic carbocycles. The molecule has 16 nitrogen and oxygen atoms in total. The van der Waals surface area contributed by atoms with Crippen LogP contribution < -0.4 is 5.32 Å². The zero-order chi connectivity index (χ0) is 29.4. The molecule has 3 N–H and O–H groups in total. The van der Waals surface area contributed by atoms with Crippen molar-refractivity contribution < 1.29 is 72.1 Å². The van der Waals surface area contributed by atoms with Crippen LogP contribution in [0.5, 0.6) is 0 Å². The molecule has 2 rings (SSSR count). The summed E-state index contributed by atoms with van der Waals surface area (Å²) in [5.41, 5.74) is 0. The van der Waals surface area contributed by atoms with E-state index in [0.29, 0.717) is 0 Å². The molecule has 2 fully saturated rings. The molecule has 2 aliphatic heterocycles. The minimum absolute atomic E-state index is 0.497. The Morgan fingerprint density at radius 1 is 0.744 bits per heavy atom. The molecule has 10 atom stereocenters. The molecule has 2 saturated heterocycles. The Balaban J connectivity index is 2.56. The lowest BCUT2D eigenvalue weighted by atomic mass is 9.95. The summed E-state index contributed by atoms with van der Waals surface area (Å²) >= 11 is 0. The molecule has 0 spiro atoms. The summed E-state index contributed by atoms with van der Waals surface area (Å²) in [6.07, 6.45) is -12.9. The Morgan fingerprint density at radius 2 is 1.28 bits per heavy atom. The summed E-state index contributed by atoms with van der Waals surface area (Å²) in [6.45, 7) is 4.36. The number of nitrogens with one attached hydrogen (secondary N) is 1. The van der Waals surface area contributed by atoms with E-state index in [-0.39, 0.29) is 0 Å². The van der Waals surface area contributed by atoms with Crippen molar-refractivity contribution in [3.8, 4) is 0 Å². The van der Waals surface area contributed by atoms with Crippen LogP contribution in [0.1, 0.15) is 34.6 Å². The van der Waals surface area contributed by atoms with Crippen molar-refractivity contribution in [2.75, 3.05) is 20.3 Å². The van der Waals surface area contributed by atoms with E-state index in [2.05, 4.69) is 5.32 Å². The fraction of sp³-hybridized carbons (Fsp3) is 0.783. The van der Waals surface area contributed by atoms with Crippen molar-refractivity contribution in [1.82, 2.24) is 5.32 Å². The van der Waals surface area contributed by atoms with Gasteiger partial charge in [0.25, 0.3) is 0 Å². The molecule has 0 aromatic carbocycles. The SMILES string of the molecule is CO[C@H]1O[C@H](CO)[C@H](O)[C@H](O[C@H]2O[C@H](COC(C)=O)[C@H](OC(C)=O)[C@H](OC(C)=O)[C@H]2OC(C)=O)[C@H]1NC(C)=O. The third-order valence-corrected chi connectivity index (χ3v) is 5.70. The molecule has 0 saturated carbocycles. The number of hydrogen-bond acceptors (Lipinski definition) is 15. The van der Waals surface area contributed by atoms with E-state index in [1.165, 1.54) is 14.0 Å². The van der Waals surface area contributed by atoms with Gasteiger partial charge in [-0.1, -0.05) is 0 Å². The van der Waals surface area contributed by atoms with Gasteiger partial charge in [0.1, 0.15) is 37.1 Å². The van der Waals surface area contributed by atoms with E-state index >= 15 is 0 Å². The van der Waals surface area contributed by atoms with Gasteiger partial charge in [0.15, 0.2) is 30.9 Å². The lowest BCUT2D eigenvalue weighted by molar-refractivity contribution is -0.345. The molecule has 16 heteroatoms. The second-order valence-corrected chi connectivity index (χ2v) is 8.85. The van der Waals surface area contributed by atoms with Crippen molar-refractivity contribution in [3.63, 3.8) is 0 Å². The maximum Gasteiger partial charge on any atom is 0.303 e. The van der Waals surface area contributed by atoms with Gasteiger partial charge < -0.3 is 53.4 Å². The van der Waals surface area contributed by atoms with Gasteiger partial charge in [0, 0.05) is 41.7 Å². The number of amides is 1. The minimum Gasteiger partial charge on any atom is -0.463 e. The van der Waals surface area contributed by atoms with Crippen molar-refractivity contribution in [2.24, 2.45) is 0 Å². The topological polar surface area (TPSA) is 212 Å². The Bertz CT molecular complexity index is 897. The quantitative estimate of drug-likeness (QED) is 0.187. The third kappa shape index (κ3) is 8.81. The average Bonchev–Trinajstić information content (AvgIpc) is 2.82. The summed E-state index contributed by atoms with van der Waals surface area (Å²) in [5, 5.41) is 23.2. The predicted octanol–water partition coefficient (Wildman–Crippen LogP) is -2.32. The molecule has 2 aliphatic rings. The number of aliphatic hydroxyl groups excluding tert-OH is 2. The second-order valence-electron chi connectivity index (χ2n) is 8.85. The zero-order valence-electron chi connectivity index (χ0n) is 22.4. The van der Waals surface area contributed by atoms with Crippen LogP contribution in [-0.4, -0.2) is 122 Å². The highest BCUT2D eigenvalue weighted by molar-refractivity contribution is 5.73. The van der Waals surface area contributed by atoms with E-state index in [4.69, 9.17) is 37.9 Å². The average molecular weight is 566 g/mol. The van der Waals surface area contributed by atoms with Gasteiger partial charge in [0.2, 0.25) is 5.91 Å². The fourth-order valence-electron chi connectivity index (χ4n) is 4.27. The Labute approximate surface area is 224 Å². The number of aliphatic hydroxyl groups is 2. The Morgan fingerprint density at radius 3 is 1.77 bits per heavy atom. The first kappa shape index (κ1) is 32.3. The van der Waals surface area contributed by atoms with E-state index in [1.54, 1.807) is 0 Å². The molecule has 39 heavy (non-hydrogen) atoms.